The summed E-state index contributed by atoms with van der Waals surface area (Å²) in [4.78, 5) is 4.75. The van der Waals surface area contributed by atoms with Gasteiger partial charge < -0.3 is 4.42 Å². The third kappa shape index (κ3) is 2.82. The number of nitrogens with zero attached hydrogens (tertiary/aromatic N) is 2. The molecule has 6 rings (SSSR count). The van der Waals surface area contributed by atoms with Crippen LogP contribution in [0.5, 0.6) is 0 Å². The minimum Gasteiger partial charge on any atom is -0.454 e. The van der Waals surface area contributed by atoms with E-state index in [0.717, 1.165) is 22.6 Å². The highest BCUT2D eigenvalue weighted by Gasteiger charge is 2.39. The monoisotopic (exact) mass is 449 g/mol. The van der Waals surface area contributed by atoms with Gasteiger partial charge in [0.05, 0.1) is 13.2 Å². The number of aryl methyl sites for hydroxylation is 2. The topological polar surface area (TPSA) is 29.9 Å². The Balaban J connectivity index is 1.82. The van der Waals surface area contributed by atoms with Crippen molar-refractivity contribution >= 4 is 32.7 Å². The second-order valence-electron chi connectivity index (χ2n) is 11.5. The Morgan fingerprint density at radius 2 is 1.65 bits per heavy atom. The molecule has 0 atom stereocenters. The molecule has 0 amide bonds. The maximum Gasteiger partial charge on any atom is 0.334 e. The van der Waals surface area contributed by atoms with Gasteiger partial charge in [-0.25, -0.2) is 4.57 Å². The van der Waals surface area contributed by atoms with E-state index in [9.17, 15) is 0 Å². The minimum atomic E-state index is 0.0969. The molecule has 0 N–H and O–H groups in total. The van der Waals surface area contributed by atoms with E-state index in [1.54, 1.807) is 0 Å². The van der Waals surface area contributed by atoms with Crippen LogP contribution in [0.3, 0.4) is 0 Å². The second kappa shape index (κ2) is 6.91. The van der Waals surface area contributed by atoms with E-state index in [-0.39, 0.29) is 10.8 Å². The number of hydrogen-bond acceptors (Lipinski definition) is 2. The smallest absolute Gasteiger partial charge is 0.334 e. The number of benzene rings is 3. The van der Waals surface area contributed by atoms with Crippen molar-refractivity contribution in [3.05, 3.63) is 71.0 Å². The molecule has 1 aliphatic rings. The summed E-state index contributed by atoms with van der Waals surface area (Å²) < 4.78 is 9.00. The lowest BCUT2D eigenvalue weighted by Gasteiger charge is -2.42. The normalized spacial score (nSPS) is 16.9. The van der Waals surface area contributed by atoms with Gasteiger partial charge in [0.15, 0.2) is 5.58 Å². The van der Waals surface area contributed by atoms with Gasteiger partial charge in [0.1, 0.15) is 17.3 Å². The van der Waals surface area contributed by atoms with Crippen LogP contribution < -0.4 is 4.57 Å². The van der Waals surface area contributed by atoms with Gasteiger partial charge in [0.2, 0.25) is 0 Å². The largest absolute Gasteiger partial charge is 0.454 e. The molecule has 2 heterocycles. The molecule has 0 saturated carbocycles. The molecule has 0 fully saturated rings. The van der Waals surface area contributed by atoms with Crippen LogP contribution in [-0.2, 0) is 17.9 Å². The lowest BCUT2D eigenvalue weighted by molar-refractivity contribution is -0.663. The predicted molar refractivity (Wildman–Crippen MR) is 140 cm³/mol. The van der Waals surface area contributed by atoms with E-state index in [4.69, 9.17) is 9.40 Å². The van der Waals surface area contributed by atoms with E-state index in [1.807, 2.05) is 12.3 Å². The van der Waals surface area contributed by atoms with Gasteiger partial charge >= 0.3 is 5.82 Å². The van der Waals surface area contributed by atoms with Crippen LogP contribution >= 0.6 is 0 Å². The molecule has 1 aliphatic carbocycles. The first-order valence-corrected chi connectivity index (χ1v) is 12.3. The van der Waals surface area contributed by atoms with Crippen LogP contribution in [0, 0.1) is 13.8 Å². The summed E-state index contributed by atoms with van der Waals surface area (Å²) in [6.07, 6.45) is 6.29. The lowest BCUT2D eigenvalue weighted by Crippen LogP contribution is -2.34. The molecule has 0 saturated heterocycles. The van der Waals surface area contributed by atoms with Gasteiger partial charge in [-0.3, -0.25) is 0 Å². The van der Waals surface area contributed by atoms with Gasteiger partial charge in [0.25, 0.3) is 0 Å². The Labute approximate surface area is 201 Å². The molecule has 172 valence electrons. The Hall–Kier alpha value is -3.20. The van der Waals surface area contributed by atoms with Crippen molar-refractivity contribution in [3.63, 3.8) is 0 Å². The fraction of sp³-hybridized carbons (Fsp3) is 0.355. The maximum atomic E-state index is 6.92. The molecule has 5 aromatic rings. The molecule has 0 radical (unpaired) electrons. The molecule has 0 aliphatic heterocycles. The summed E-state index contributed by atoms with van der Waals surface area (Å²) in [5, 5.41) is 4.91. The first-order chi connectivity index (χ1) is 16.1. The highest BCUT2D eigenvalue weighted by Crippen LogP contribution is 2.51. The summed E-state index contributed by atoms with van der Waals surface area (Å²) in [7, 11) is 2.05. The summed E-state index contributed by atoms with van der Waals surface area (Å²) in [5.74, 6) is 0.931. The zero-order valence-corrected chi connectivity index (χ0v) is 21.3. The molecule has 34 heavy (non-hydrogen) atoms. The van der Waals surface area contributed by atoms with Crippen LogP contribution in [0.1, 0.15) is 62.8 Å². The van der Waals surface area contributed by atoms with Crippen molar-refractivity contribution in [3.8, 4) is 11.4 Å². The van der Waals surface area contributed by atoms with E-state index in [0.29, 0.717) is 0 Å². The van der Waals surface area contributed by atoms with E-state index >= 15 is 0 Å². The predicted octanol–water partition coefficient (Wildman–Crippen LogP) is 7.59. The lowest BCUT2D eigenvalue weighted by atomic mass is 9.62. The fourth-order valence-corrected chi connectivity index (χ4v) is 6.11. The second-order valence-corrected chi connectivity index (χ2v) is 11.5. The van der Waals surface area contributed by atoms with Gasteiger partial charge in [-0.1, -0.05) is 45.9 Å². The fourth-order valence-electron chi connectivity index (χ4n) is 6.11. The van der Waals surface area contributed by atoms with E-state index < -0.39 is 0 Å². The SMILES string of the molecule is Cc1cc2c(oc3c2ccc2ccc4c(c23)C(C)(C)CCC4(C)C)c(-c2nccc[n+]2C)c1C. The average molecular weight is 450 g/mol. The average Bonchev–Trinajstić information content (AvgIpc) is 3.16. The van der Waals surface area contributed by atoms with Gasteiger partial charge in [-0.2, -0.15) is 0 Å². The quantitative estimate of drug-likeness (QED) is 0.247. The van der Waals surface area contributed by atoms with Crippen LogP contribution in [0.2, 0.25) is 0 Å². The molecule has 3 aromatic carbocycles. The summed E-state index contributed by atoms with van der Waals surface area (Å²) >= 11 is 0. The standard InChI is InChI=1S/C31H33N2O/c1-18-17-22-21-11-9-20-10-12-23-26(31(5,6)14-13-30(23,3)4)25(20)27(21)34-28(22)24(19(18)2)29-32-15-8-16-33(29)7/h8-12,15-17H,13-14H2,1-7H3/q+1. The zero-order chi connectivity index (χ0) is 24.0. The van der Waals surface area contributed by atoms with Crippen molar-refractivity contribution in [2.24, 2.45) is 7.05 Å². The van der Waals surface area contributed by atoms with Gasteiger partial charge in [-0.15, -0.1) is 0 Å². The van der Waals surface area contributed by atoms with Crippen molar-refractivity contribution < 1.29 is 8.98 Å². The van der Waals surface area contributed by atoms with Crippen molar-refractivity contribution in [2.75, 3.05) is 0 Å². The molecule has 0 unspecified atom stereocenters. The van der Waals surface area contributed by atoms with Crippen molar-refractivity contribution in [1.82, 2.24) is 4.98 Å². The van der Waals surface area contributed by atoms with Crippen molar-refractivity contribution in [1.29, 1.82) is 0 Å². The number of rotatable bonds is 1. The van der Waals surface area contributed by atoms with E-state index in [2.05, 4.69) is 89.7 Å². The number of aromatic nitrogens is 2. The number of fused-ring (bicyclic) bond motifs is 7. The molecule has 0 spiro atoms. The highest BCUT2D eigenvalue weighted by molar-refractivity contribution is 6.18. The molecule has 3 heteroatoms. The summed E-state index contributed by atoms with van der Waals surface area (Å²) in [6, 6.07) is 13.4. The van der Waals surface area contributed by atoms with Gasteiger partial charge in [-0.05, 0) is 82.3 Å². The summed E-state index contributed by atoms with van der Waals surface area (Å²) in [6.45, 7) is 13.9. The maximum absolute atomic E-state index is 6.92. The van der Waals surface area contributed by atoms with Crippen molar-refractivity contribution in [2.45, 2.75) is 65.2 Å². The third-order valence-electron chi connectivity index (χ3n) is 8.36. The van der Waals surface area contributed by atoms with Crippen LogP contribution in [0.4, 0.5) is 0 Å². The zero-order valence-electron chi connectivity index (χ0n) is 21.3. The number of furan rings is 1. The first kappa shape index (κ1) is 21.3. The highest BCUT2D eigenvalue weighted by atomic mass is 16.3. The Kier molecular flexibility index (Phi) is 4.34. The van der Waals surface area contributed by atoms with Crippen LogP contribution in [0.25, 0.3) is 44.1 Å². The Morgan fingerprint density at radius 1 is 0.912 bits per heavy atom. The Morgan fingerprint density at radius 3 is 2.41 bits per heavy atom. The number of hydrogen-bond donors (Lipinski definition) is 0. The van der Waals surface area contributed by atoms with Crippen LogP contribution in [-0.4, -0.2) is 4.98 Å². The van der Waals surface area contributed by atoms with Crippen LogP contribution in [0.15, 0.2) is 53.2 Å². The Bertz CT molecular complexity index is 1640. The van der Waals surface area contributed by atoms with E-state index in [1.165, 1.54) is 56.6 Å². The van der Waals surface area contributed by atoms with Gasteiger partial charge in [0, 0.05) is 22.2 Å². The molecule has 0 bridgehead atoms. The minimum absolute atomic E-state index is 0.0969. The first-order valence-electron chi connectivity index (χ1n) is 12.3. The molecule has 2 aromatic heterocycles. The third-order valence-corrected chi connectivity index (χ3v) is 8.36. The molecular formula is C31H33N2O+. The summed E-state index contributed by atoms with van der Waals surface area (Å²) in [5.41, 5.74) is 8.70. The molecular weight excluding hydrogens is 416 g/mol. The molecule has 3 nitrogen and oxygen atoms in total.